The minimum atomic E-state index is -1.78. The van der Waals surface area contributed by atoms with E-state index in [4.69, 9.17) is 18.9 Å². The van der Waals surface area contributed by atoms with Crippen molar-refractivity contribution < 1.29 is 64.6 Å². The van der Waals surface area contributed by atoms with E-state index >= 15 is 0 Å². The number of hydrogen-bond donors (Lipinski definition) is 9. The van der Waals surface area contributed by atoms with Crippen molar-refractivity contribution in [1.82, 2.24) is 5.32 Å². The van der Waals surface area contributed by atoms with Gasteiger partial charge in [-0.2, -0.15) is 0 Å². The van der Waals surface area contributed by atoms with Crippen molar-refractivity contribution in [2.24, 2.45) is 0 Å². The zero-order valence-electron chi connectivity index (χ0n) is 61.4. The Bertz CT molecular complexity index is 1730. The molecule has 12 unspecified atom stereocenters. The lowest BCUT2D eigenvalue weighted by atomic mass is 9.97. The van der Waals surface area contributed by atoms with Gasteiger partial charge in [-0.15, -0.1) is 0 Å². The zero-order valence-corrected chi connectivity index (χ0v) is 61.4. The zero-order chi connectivity index (χ0) is 68.7. The average Bonchev–Trinajstić information content (AvgIpc) is 0.927. The van der Waals surface area contributed by atoms with Crippen molar-refractivity contribution in [2.75, 3.05) is 19.8 Å². The molecule has 2 saturated heterocycles. The molecule has 0 aromatic rings. The molecule has 2 aliphatic heterocycles. The molecular weight excluding hydrogens is 1190 g/mol. The van der Waals surface area contributed by atoms with Gasteiger partial charge >= 0.3 is 0 Å². The first-order chi connectivity index (χ1) is 46.6. The van der Waals surface area contributed by atoms with Crippen LogP contribution in [0.25, 0.3) is 0 Å². The Balaban J connectivity index is 1.58. The molecule has 95 heavy (non-hydrogen) atoms. The number of aliphatic hydroxyl groups excluding tert-OH is 8. The van der Waals surface area contributed by atoms with Crippen LogP contribution in [0.5, 0.6) is 0 Å². The summed E-state index contributed by atoms with van der Waals surface area (Å²) in [5.74, 6) is -0.198. The molecule has 0 aromatic heterocycles. The molecule has 0 spiro atoms. The monoisotopic (exact) mass is 1350 g/mol. The molecule has 12 atom stereocenters. The number of hydrogen-bond acceptors (Lipinski definition) is 13. The summed E-state index contributed by atoms with van der Waals surface area (Å²) < 4.78 is 23.0. The fourth-order valence-electron chi connectivity index (χ4n) is 13.7. The predicted octanol–water partition coefficient (Wildman–Crippen LogP) is 18.4. The quantitative estimate of drug-likeness (QED) is 0.0204. The number of allylic oxidation sites excluding steroid dienone is 6. The number of carbonyl (C=O) groups excluding carboxylic acids is 1. The van der Waals surface area contributed by atoms with E-state index in [0.717, 1.165) is 64.2 Å². The Kier molecular flexibility index (Phi) is 61.6. The van der Waals surface area contributed by atoms with Crippen molar-refractivity contribution in [2.45, 2.75) is 453 Å². The van der Waals surface area contributed by atoms with Crippen LogP contribution in [-0.2, 0) is 23.7 Å². The molecular formula is C81H153NO13. The molecule has 0 radical (unpaired) electrons. The standard InChI is InChI=1S/C81H153NO13/c1-3-5-7-9-11-13-15-17-19-21-23-25-27-29-30-31-32-33-34-35-36-37-38-39-40-41-43-45-47-49-51-53-55-57-59-61-63-65-73(86)82-69(68-92-80-78(91)76(89)79(72(67-84)94-80)95-81-77(90)75(88)74(87)71(66-83)93-81)70(85)64-62-60-58-56-54-52-50-48-46-44-42-28-26-24-22-20-18-16-14-12-10-8-6-4-2/h15,17,21,23,27,29,69-72,74-81,83-85,87-91H,3-14,16,18-20,22,24-26,28,30-68H2,1-2H3,(H,82,86)/b17-15-,23-21-,29-27-. The summed E-state index contributed by atoms with van der Waals surface area (Å²) in [6, 6.07) is -0.829. The molecule has 0 bridgehead atoms. The Morgan fingerprint density at radius 1 is 0.379 bits per heavy atom. The van der Waals surface area contributed by atoms with Crippen LogP contribution >= 0.6 is 0 Å². The van der Waals surface area contributed by atoms with Crippen LogP contribution in [0.4, 0.5) is 0 Å². The van der Waals surface area contributed by atoms with Crippen LogP contribution in [0, 0.1) is 0 Å². The summed E-state index contributed by atoms with van der Waals surface area (Å²) in [4.78, 5) is 13.4. The maximum atomic E-state index is 13.4. The minimum absolute atomic E-state index is 0.198. The second-order valence-electron chi connectivity index (χ2n) is 28.9. The number of nitrogens with one attached hydrogen (secondary N) is 1. The first-order valence-electron chi connectivity index (χ1n) is 40.7. The molecule has 2 heterocycles. The summed E-state index contributed by atoms with van der Waals surface area (Å²) in [5, 5.41) is 87.9. The molecule has 0 aliphatic carbocycles. The van der Waals surface area contributed by atoms with Crippen LogP contribution < -0.4 is 5.32 Å². The number of aliphatic hydroxyl groups is 8. The van der Waals surface area contributed by atoms with Gasteiger partial charge < -0.3 is 65.1 Å². The van der Waals surface area contributed by atoms with Gasteiger partial charge in [0.2, 0.25) is 5.91 Å². The van der Waals surface area contributed by atoms with Gasteiger partial charge in [-0.25, -0.2) is 0 Å². The Morgan fingerprint density at radius 3 is 1.06 bits per heavy atom. The van der Waals surface area contributed by atoms with E-state index in [1.807, 2.05) is 0 Å². The third kappa shape index (κ3) is 48.6. The maximum Gasteiger partial charge on any atom is 0.220 e. The van der Waals surface area contributed by atoms with E-state index in [0.29, 0.717) is 12.8 Å². The van der Waals surface area contributed by atoms with Crippen molar-refractivity contribution in [1.29, 1.82) is 0 Å². The number of carbonyl (C=O) groups is 1. The van der Waals surface area contributed by atoms with Gasteiger partial charge in [-0.3, -0.25) is 4.79 Å². The highest BCUT2D eigenvalue weighted by molar-refractivity contribution is 5.76. The lowest BCUT2D eigenvalue weighted by molar-refractivity contribution is -0.359. The molecule has 560 valence electrons. The molecule has 0 saturated carbocycles. The fourth-order valence-corrected chi connectivity index (χ4v) is 13.7. The lowest BCUT2D eigenvalue weighted by Gasteiger charge is -2.46. The van der Waals surface area contributed by atoms with Gasteiger partial charge in [-0.05, 0) is 51.4 Å². The molecule has 2 aliphatic rings. The molecule has 14 nitrogen and oxygen atoms in total. The van der Waals surface area contributed by atoms with Gasteiger partial charge in [0, 0.05) is 6.42 Å². The van der Waals surface area contributed by atoms with Crippen LogP contribution in [-0.4, -0.2) is 140 Å². The number of ether oxygens (including phenoxy) is 4. The Labute approximate surface area is 582 Å². The highest BCUT2D eigenvalue weighted by atomic mass is 16.7. The van der Waals surface area contributed by atoms with Gasteiger partial charge in [0.1, 0.15) is 48.8 Å². The smallest absolute Gasteiger partial charge is 0.220 e. The highest BCUT2D eigenvalue weighted by Crippen LogP contribution is 2.30. The second-order valence-corrected chi connectivity index (χ2v) is 28.9. The summed E-state index contributed by atoms with van der Waals surface area (Å²) in [7, 11) is 0. The van der Waals surface area contributed by atoms with Crippen molar-refractivity contribution in [3.05, 3.63) is 36.5 Å². The Morgan fingerprint density at radius 2 is 0.695 bits per heavy atom. The normalized spacial score (nSPS) is 22.5. The highest BCUT2D eigenvalue weighted by Gasteiger charge is 2.51. The minimum Gasteiger partial charge on any atom is -0.394 e. The van der Waals surface area contributed by atoms with Gasteiger partial charge in [0.05, 0.1) is 32.0 Å². The van der Waals surface area contributed by atoms with Crippen molar-refractivity contribution in [3.63, 3.8) is 0 Å². The van der Waals surface area contributed by atoms with E-state index in [9.17, 15) is 45.6 Å². The van der Waals surface area contributed by atoms with Gasteiger partial charge in [0.25, 0.3) is 0 Å². The van der Waals surface area contributed by atoms with Crippen LogP contribution in [0.1, 0.15) is 380 Å². The summed E-state index contributed by atoms with van der Waals surface area (Å²) in [5.41, 5.74) is 0. The summed E-state index contributed by atoms with van der Waals surface area (Å²) in [6.07, 6.45) is 69.0. The average molecular weight is 1350 g/mol. The number of unbranched alkanes of at least 4 members (excludes halogenated alkanes) is 50. The SMILES string of the molecule is CCCCCCC/C=C\C/C=C\C/C=C\CCCCCCCCCCCCCCCCCCCCCCCCC(=O)NC(COC1OC(CO)C(OC2OC(CO)C(O)C(O)C2O)C(O)C1O)C(O)CCCCCCCCCCCCCCCCCCCCCCCCCC. The van der Waals surface area contributed by atoms with Crippen LogP contribution in [0.3, 0.4) is 0 Å². The summed E-state index contributed by atoms with van der Waals surface area (Å²) in [6.45, 7) is 2.92. The second kappa shape index (κ2) is 65.5. The molecule has 2 fully saturated rings. The van der Waals surface area contributed by atoms with Crippen molar-refractivity contribution in [3.8, 4) is 0 Å². The fraction of sp³-hybridized carbons (Fsp3) is 0.914. The van der Waals surface area contributed by atoms with E-state index in [1.54, 1.807) is 0 Å². The predicted molar refractivity (Wildman–Crippen MR) is 392 cm³/mol. The molecule has 2 rings (SSSR count). The van der Waals surface area contributed by atoms with Crippen LogP contribution in [0.15, 0.2) is 36.5 Å². The Hall–Kier alpha value is -1.79. The third-order valence-corrected chi connectivity index (χ3v) is 20.1. The topological polar surface area (TPSA) is 228 Å². The molecule has 0 aromatic carbocycles. The third-order valence-electron chi connectivity index (χ3n) is 20.1. The van der Waals surface area contributed by atoms with E-state index in [-0.39, 0.29) is 12.5 Å². The lowest BCUT2D eigenvalue weighted by Crippen LogP contribution is -2.65. The molecule has 1 amide bonds. The first kappa shape index (κ1) is 89.3. The molecule has 9 N–H and O–H groups in total. The van der Waals surface area contributed by atoms with Gasteiger partial charge in [-0.1, -0.05) is 359 Å². The molecule has 14 heteroatoms. The number of rotatable bonds is 69. The van der Waals surface area contributed by atoms with E-state index in [1.165, 1.54) is 289 Å². The van der Waals surface area contributed by atoms with Gasteiger partial charge in [0.15, 0.2) is 12.6 Å². The van der Waals surface area contributed by atoms with E-state index < -0.39 is 86.8 Å². The number of amides is 1. The first-order valence-corrected chi connectivity index (χ1v) is 40.7. The van der Waals surface area contributed by atoms with E-state index in [2.05, 4.69) is 55.6 Å². The largest absolute Gasteiger partial charge is 0.394 e. The van der Waals surface area contributed by atoms with Crippen LogP contribution in [0.2, 0.25) is 0 Å². The summed E-state index contributed by atoms with van der Waals surface area (Å²) >= 11 is 0. The maximum absolute atomic E-state index is 13.4. The van der Waals surface area contributed by atoms with Crippen molar-refractivity contribution >= 4 is 5.91 Å².